The molecule has 2 aliphatic rings. The molecule has 1 aromatic carbocycles. The van der Waals surface area contributed by atoms with Crippen molar-refractivity contribution in [2.75, 3.05) is 13.2 Å². The number of nitrogens with one attached hydrogen (secondary N) is 1. The van der Waals surface area contributed by atoms with Crippen molar-refractivity contribution in [2.24, 2.45) is 0 Å². The molecule has 3 unspecified atom stereocenters. The van der Waals surface area contributed by atoms with Crippen LogP contribution in [0.3, 0.4) is 0 Å². The first-order valence-corrected chi connectivity index (χ1v) is 7.48. The number of para-hydroxylation sites is 2. The maximum atomic E-state index is 5.96. The van der Waals surface area contributed by atoms with E-state index in [0.717, 1.165) is 30.9 Å². The van der Waals surface area contributed by atoms with Crippen LogP contribution < -0.4 is 14.8 Å². The van der Waals surface area contributed by atoms with Gasteiger partial charge in [0.1, 0.15) is 12.7 Å². The van der Waals surface area contributed by atoms with E-state index >= 15 is 0 Å². The van der Waals surface area contributed by atoms with E-state index in [1.165, 1.54) is 0 Å². The van der Waals surface area contributed by atoms with E-state index in [9.17, 15) is 0 Å². The molecule has 1 saturated heterocycles. The summed E-state index contributed by atoms with van der Waals surface area (Å²) in [7, 11) is 0. The third kappa shape index (κ3) is 3.25. The molecule has 1 aromatic rings. The zero-order valence-electron chi connectivity index (χ0n) is 12.2. The standard InChI is InChI=1S/C16H23NO3/c1-11-7-13(8-12(2)19-11)17-9-14-10-18-15-5-3-4-6-16(15)20-14/h3-6,11-14,17H,7-10H2,1-2H3. The number of rotatable bonds is 3. The molecule has 3 atom stereocenters. The lowest BCUT2D eigenvalue weighted by Gasteiger charge is -2.34. The maximum absolute atomic E-state index is 5.96. The van der Waals surface area contributed by atoms with Gasteiger partial charge in [-0.3, -0.25) is 0 Å². The van der Waals surface area contributed by atoms with Crippen molar-refractivity contribution in [3.8, 4) is 11.5 Å². The van der Waals surface area contributed by atoms with Gasteiger partial charge in [0.25, 0.3) is 0 Å². The van der Waals surface area contributed by atoms with Crippen LogP contribution in [-0.4, -0.2) is 37.5 Å². The van der Waals surface area contributed by atoms with E-state index in [1.807, 2.05) is 24.3 Å². The lowest BCUT2D eigenvalue weighted by atomic mass is 10.00. The normalized spacial score (nSPS) is 32.9. The van der Waals surface area contributed by atoms with Gasteiger partial charge in [-0.25, -0.2) is 0 Å². The van der Waals surface area contributed by atoms with Crippen molar-refractivity contribution in [1.29, 1.82) is 0 Å². The second-order valence-electron chi connectivity index (χ2n) is 5.83. The van der Waals surface area contributed by atoms with Gasteiger partial charge in [0.15, 0.2) is 11.5 Å². The van der Waals surface area contributed by atoms with Gasteiger partial charge in [-0.2, -0.15) is 0 Å². The lowest BCUT2D eigenvalue weighted by Crippen LogP contribution is -2.46. The maximum Gasteiger partial charge on any atom is 0.161 e. The second kappa shape index (κ2) is 6.02. The smallest absolute Gasteiger partial charge is 0.161 e. The molecule has 0 bridgehead atoms. The number of hydrogen-bond donors (Lipinski definition) is 1. The highest BCUT2D eigenvalue weighted by Gasteiger charge is 2.26. The number of ether oxygens (including phenoxy) is 3. The second-order valence-corrected chi connectivity index (χ2v) is 5.83. The molecule has 3 rings (SSSR count). The molecule has 0 saturated carbocycles. The molecule has 4 heteroatoms. The number of hydrogen-bond acceptors (Lipinski definition) is 4. The Balaban J connectivity index is 1.50. The van der Waals surface area contributed by atoms with E-state index in [-0.39, 0.29) is 6.10 Å². The minimum Gasteiger partial charge on any atom is -0.486 e. The van der Waals surface area contributed by atoms with Gasteiger partial charge < -0.3 is 19.5 Å². The molecule has 1 fully saturated rings. The first-order valence-electron chi connectivity index (χ1n) is 7.48. The predicted molar refractivity (Wildman–Crippen MR) is 77.4 cm³/mol. The van der Waals surface area contributed by atoms with Gasteiger partial charge in [0.05, 0.1) is 12.2 Å². The molecule has 2 heterocycles. The van der Waals surface area contributed by atoms with Crippen molar-refractivity contribution in [2.45, 2.75) is 51.0 Å². The third-order valence-electron chi connectivity index (χ3n) is 3.90. The first kappa shape index (κ1) is 13.7. The Morgan fingerprint density at radius 2 is 1.80 bits per heavy atom. The Bertz CT molecular complexity index is 441. The van der Waals surface area contributed by atoms with Crippen LogP contribution in [0, 0.1) is 0 Å². The van der Waals surface area contributed by atoms with Crippen molar-refractivity contribution < 1.29 is 14.2 Å². The van der Waals surface area contributed by atoms with Crippen molar-refractivity contribution in [1.82, 2.24) is 5.32 Å². The first-order chi connectivity index (χ1) is 9.70. The van der Waals surface area contributed by atoms with E-state index in [1.54, 1.807) is 0 Å². The summed E-state index contributed by atoms with van der Waals surface area (Å²) in [6.07, 6.45) is 2.88. The van der Waals surface area contributed by atoms with Crippen LogP contribution in [0.15, 0.2) is 24.3 Å². The quantitative estimate of drug-likeness (QED) is 0.921. The van der Waals surface area contributed by atoms with Crippen LogP contribution in [0.25, 0.3) is 0 Å². The van der Waals surface area contributed by atoms with Crippen LogP contribution in [0.1, 0.15) is 26.7 Å². The van der Waals surface area contributed by atoms with Gasteiger partial charge in [-0.05, 0) is 38.8 Å². The SMILES string of the molecule is CC1CC(NCC2COc3ccccc3O2)CC(C)O1. The highest BCUT2D eigenvalue weighted by atomic mass is 16.6. The molecule has 4 nitrogen and oxygen atoms in total. The van der Waals surface area contributed by atoms with Crippen molar-refractivity contribution in [3.63, 3.8) is 0 Å². The van der Waals surface area contributed by atoms with Gasteiger partial charge in [0.2, 0.25) is 0 Å². The van der Waals surface area contributed by atoms with Crippen LogP contribution >= 0.6 is 0 Å². The molecule has 0 spiro atoms. The molecular weight excluding hydrogens is 254 g/mol. The summed E-state index contributed by atoms with van der Waals surface area (Å²) < 4.78 is 17.4. The highest BCUT2D eigenvalue weighted by Crippen LogP contribution is 2.30. The molecule has 0 aromatic heterocycles. The van der Waals surface area contributed by atoms with Crippen LogP contribution in [0.4, 0.5) is 0 Å². The van der Waals surface area contributed by atoms with Crippen LogP contribution in [0.2, 0.25) is 0 Å². The van der Waals surface area contributed by atoms with Crippen LogP contribution in [0.5, 0.6) is 11.5 Å². The topological polar surface area (TPSA) is 39.7 Å². The van der Waals surface area contributed by atoms with E-state index < -0.39 is 0 Å². The van der Waals surface area contributed by atoms with E-state index in [0.29, 0.717) is 24.9 Å². The van der Waals surface area contributed by atoms with Crippen molar-refractivity contribution in [3.05, 3.63) is 24.3 Å². The van der Waals surface area contributed by atoms with Crippen molar-refractivity contribution >= 4 is 0 Å². The highest BCUT2D eigenvalue weighted by molar-refractivity contribution is 5.40. The fraction of sp³-hybridized carbons (Fsp3) is 0.625. The fourth-order valence-electron chi connectivity index (χ4n) is 3.03. The molecule has 0 radical (unpaired) electrons. The zero-order chi connectivity index (χ0) is 13.9. The minimum atomic E-state index is 0.0818. The monoisotopic (exact) mass is 277 g/mol. The summed E-state index contributed by atoms with van der Waals surface area (Å²) >= 11 is 0. The molecule has 0 amide bonds. The molecule has 2 aliphatic heterocycles. The summed E-state index contributed by atoms with van der Waals surface area (Å²) in [5.74, 6) is 1.69. The molecule has 0 aliphatic carbocycles. The average Bonchev–Trinajstić information content (AvgIpc) is 2.44. The zero-order valence-corrected chi connectivity index (χ0v) is 12.2. The lowest BCUT2D eigenvalue weighted by molar-refractivity contribution is -0.0437. The largest absolute Gasteiger partial charge is 0.486 e. The summed E-state index contributed by atoms with van der Waals surface area (Å²) in [6.45, 7) is 5.71. The fourth-order valence-corrected chi connectivity index (χ4v) is 3.03. The van der Waals surface area contributed by atoms with Gasteiger partial charge in [-0.1, -0.05) is 12.1 Å². The predicted octanol–water partition coefficient (Wildman–Crippen LogP) is 2.37. The van der Waals surface area contributed by atoms with Gasteiger partial charge in [0, 0.05) is 12.6 Å². The Labute approximate surface area is 120 Å². The molecule has 110 valence electrons. The average molecular weight is 277 g/mol. The third-order valence-corrected chi connectivity index (χ3v) is 3.90. The number of benzene rings is 1. The molecule has 1 N–H and O–H groups in total. The Morgan fingerprint density at radius 3 is 2.55 bits per heavy atom. The summed E-state index contributed by atoms with van der Waals surface area (Å²) in [4.78, 5) is 0. The Kier molecular flexibility index (Phi) is 4.13. The van der Waals surface area contributed by atoms with Crippen LogP contribution in [-0.2, 0) is 4.74 Å². The van der Waals surface area contributed by atoms with E-state index in [4.69, 9.17) is 14.2 Å². The van der Waals surface area contributed by atoms with Gasteiger partial charge in [-0.15, -0.1) is 0 Å². The van der Waals surface area contributed by atoms with E-state index in [2.05, 4.69) is 19.2 Å². The Morgan fingerprint density at radius 1 is 1.10 bits per heavy atom. The number of fused-ring (bicyclic) bond motifs is 1. The molecule has 20 heavy (non-hydrogen) atoms. The summed E-state index contributed by atoms with van der Waals surface area (Å²) in [5.41, 5.74) is 0. The minimum absolute atomic E-state index is 0.0818. The van der Waals surface area contributed by atoms with Gasteiger partial charge >= 0.3 is 0 Å². The summed E-state index contributed by atoms with van der Waals surface area (Å²) in [5, 5.41) is 3.60. The Hall–Kier alpha value is -1.26. The molecular formula is C16H23NO3. The summed E-state index contributed by atoms with van der Waals surface area (Å²) in [6, 6.07) is 8.35.